The van der Waals surface area contributed by atoms with Crippen LogP contribution in [0.25, 0.3) is 10.6 Å². The highest BCUT2D eigenvalue weighted by atomic mass is 32.1. The molecule has 1 N–H and O–H groups in total. The molecule has 1 aromatic heterocycles. The molecule has 0 amide bonds. The number of aromatic nitrogens is 1. The van der Waals surface area contributed by atoms with Gasteiger partial charge in [-0.1, -0.05) is 24.3 Å². The van der Waals surface area contributed by atoms with Gasteiger partial charge in [0.1, 0.15) is 9.88 Å². The SMILES string of the molecule is Cc1nc(-c2ccc([C@H](C)N3CCCC3)cc2)sc1C(=O)O. The van der Waals surface area contributed by atoms with Gasteiger partial charge in [-0.25, -0.2) is 9.78 Å². The van der Waals surface area contributed by atoms with Gasteiger partial charge >= 0.3 is 5.97 Å². The van der Waals surface area contributed by atoms with E-state index in [4.69, 9.17) is 5.11 Å². The van der Waals surface area contributed by atoms with Crippen molar-refractivity contribution in [3.8, 4) is 10.6 Å². The number of carboxylic acid groups (broad SMARTS) is 1. The van der Waals surface area contributed by atoms with Crippen molar-refractivity contribution in [1.29, 1.82) is 0 Å². The normalized spacial score (nSPS) is 16.8. The fourth-order valence-corrected chi connectivity index (χ4v) is 3.87. The maximum atomic E-state index is 11.1. The van der Waals surface area contributed by atoms with Gasteiger partial charge in [0.05, 0.1) is 5.69 Å². The van der Waals surface area contributed by atoms with E-state index in [2.05, 4.69) is 28.9 Å². The van der Waals surface area contributed by atoms with Gasteiger partial charge in [-0.2, -0.15) is 0 Å². The van der Waals surface area contributed by atoms with Crippen LogP contribution in [0.2, 0.25) is 0 Å². The predicted octanol–water partition coefficient (Wildman–Crippen LogP) is 3.97. The second kappa shape index (κ2) is 6.18. The number of aromatic carboxylic acids is 1. The molecule has 0 saturated carbocycles. The summed E-state index contributed by atoms with van der Waals surface area (Å²) in [6.45, 7) is 6.34. The Hall–Kier alpha value is -1.72. The number of aryl methyl sites for hydroxylation is 1. The van der Waals surface area contributed by atoms with Crippen molar-refractivity contribution >= 4 is 17.3 Å². The number of likely N-dealkylation sites (tertiary alicyclic amines) is 1. The smallest absolute Gasteiger partial charge is 0.347 e. The van der Waals surface area contributed by atoms with Gasteiger partial charge in [0.15, 0.2) is 0 Å². The summed E-state index contributed by atoms with van der Waals surface area (Å²) >= 11 is 1.24. The molecule has 3 rings (SSSR count). The Balaban J connectivity index is 1.81. The summed E-state index contributed by atoms with van der Waals surface area (Å²) < 4.78 is 0. The maximum absolute atomic E-state index is 11.1. The minimum absolute atomic E-state index is 0.324. The first-order valence-corrected chi connectivity index (χ1v) is 8.43. The van der Waals surface area contributed by atoms with Gasteiger partial charge in [0.25, 0.3) is 0 Å². The first kappa shape index (κ1) is 15.2. The van der Waals surface area contributed by atoms with E-state index in [1.54, 1.807) is 6.92 Å². The van der Waals surface area contributed by atoms with E-state index in [0.717, 1.165) is 10.6 Å². The van der Waals surface area contributed by atoms with Gasteiger partial charge in [0, 0.05) is 11.6 Å². The van der Waals surface area contributed by atoms with Crippen LogP contribution < -0.4 is 0 Å². The molecule has 2 heterocycles. The van der Waals surface area contributed by atoms with Crippen LogP contribution in [0.4, 0.5) is 0 Å². The molecule has 0 spiro atoms. The van der Waals surface area contributed by atoms with E-state index >= 15 is 0 Å². The highest BCUT2D eigenvalue weighted by Gasteiger charge is 2.20. The number of rotatable bonds is 4. The van der Waals surface area contributed by atoms with Crippen molar-refractivity contribution < 1.29 is 9.90 Å². The van der Waals surface area contributed by atoms with Crippen molar-refractivity contribution in [3.05, 3.63) is 40.4 Å². The number of carbonyl (C=O) groups is 1. The third-order valence-electron chi connectivity index (χ3n) is 4.32. The van der Waals surface area contributed by atoms with Crippen LogP contribution >= 0.6 is 11.3 Å². The molecule has 1 atom stereocenters. The van der Waals surface area contributed by atoms with Crippen LogP contribution in [0.1, 0.15) is 46.7 Å². The summed E-state index contributed by atoms with van der Waals surface area (Å²) in [6.07, 6.45) is 2.58. The summed E-state index contributed by atoms with van der Waals surface area (Å²) in [7, 11) is 0. The van der Waals surface area contributed by atoms with Gasteiger partial charge in [0.2, 0.25) is 0 Å². The molecule has 1 aliphatic rings. The molecule has 1 aromatic carbocycles. The zero-order valence-electron chi connectivity index (χ0n) is 12.9. The third kappa shape index (κ3) is 2.91. The van der Waals surface area contributed by atoms with Crippen molar-refractivity contribution in [2.75, 3.05) is 13.1 Å². The summed E-state index contributed by atoms with van der Waals surface area (Å²) in [5.74, 6) is -0.902. The Kier molecular flexibility index (Phi) is 4.27. The van der Waals surface area contributed by atoms with Crippen molar-refractivity contribution in [1.82, 2.24) is 9.88 Å². The summed E-state index contributed by atoms with van der Waals surface area (Å²) in [5, 5.41) is 9.90. The molecular formula is C17H20N2O2S. The predicted molar refractivity (Wildman–Crippen MR) is 88.5 cm³/mol. The van der Waals surface area contributed by atoms with E-state index in [1.165, 1.54) is 42.8 Å². The van der Waals surface area contributed by atoms with Crippen LogP contribution in [0.15, 0.2) is 24.3 Å². The number of hydrogen-bond acceptors (Lipinski definition) is 4. The number of benzene rings is 1. The number of hydrogen-bond donors (Lipinski definition) is 1. The van der Waals surface area contributed by atoms with Gasteiger partial charge in [-0.3, -0.25) is 4.90 Å². The van der Waals surface area contributed by atoms with E-state index in [0.29, 0.717) is 16.6 Å². The highest BCUT2D eigenvalue weighted by Crippen LogP contribution is 2.30. The summed E-state index contributed by atoms with van der Waals surface area (Å²) in [5.41, 5.74) is 2.87. The monoisotopic (exact) mass is 316 g/mol. The number of thiazole rings is 1. The largest absolute Gasteiger partial charge is 0.477 e. The lowest BCUT2D eigenvalue weighted by Gasteiger charge is -2.24. The van der Waals surface area contributed by atoms with Gasteiger partial charge in [-0.15, -0.1) is 11.3 Å². The van der Waals surface area contributed by atoms with Crippen LogP contribution in [-0.4, -0.2) is 34.0 Å². The lowest BCUT2D eigenvalue weighted by molar-refractivity contribution is 0.0701. The molecule has 2 aromatic rings. The second-order valence-corrected chi connectivity index (χ2v) is 6.78. The highest BCUT2D eigenvalue weighted by molar-refractivity contribution is 7.17. The van der Waals surface area contributed by atoms with Crippen molar-refractivity contribution in [3.63, 3.8) is 0 Å². The quantitative estimate of drug-likeness (QED) is 0.927. The minimum atomic E-state index is -0.902. The Morgan fingerprint density at radius 1 is 1.27 bits per heavy atom. The Labute approximate surface area is 134 Å². The molecule has 4 nitrogen and oxygen atoms in total. The zero-order chi connectivity index (χ0) is 15.7. The molecule has 22 heavy (non-hydrogen) atoms. The number of carboxylic acids is 1. The average molecular weight is 316 g/mol. The fourth-order valence-electron chi connectivity index (χ4n) is 2.96. The zero-order valence-corrected chi connectivity index (χ0v) is 13.7. The molecule has 1 fully saturated rings. The molecule has 0 unspecified atom stereocenters. The maximum Gasteiger partial charge on any atom is 0.347 e. The Bertz CT molecular complexity index is 672. The molecule has 0 bridgehead atoms. The lowest BCUT2D eigenvalue weighted by atomic mass is 10.1. The Morgan fingerprint density at radius 3 is 2.45 bits per heavy atom. The minimum Gasteiger partial charge on any atom is -0.477 e. The first-order chi connectivity index (χ1) is 10.6. The average Bonchev–Trinajstić information content (AvgIpc) is 3.16. The summed E-state index contributed by atoms with van der Waals surface area (Å²) in [4.78, 5) is 18.3. The topological polar surface area (TPSA) is 53.4 Å². The van der Waals surface area contributed by atoms with Crippen molar-refractivity contribution in [2.45, 2.75) is 32.7 Å². The molecule has 0 radical (unpaired) electrons. The van der Waals surface area contributed by atoms with Crippen molar-refractivity contribution in [2.24, 2.45) is 0 Å². The third-order valence-corrected chi connectivity index (χ3v) is 5.51. The summed E-state index contributed by atoms with van der Waals surface area (Å²) in [6, 6.07) is 8.80. The Morgan fingerprint density at radius 2 is 1.91 bits per heavy atom. The first-order valence-electron chi connectivity index (χ1n) is 7.61. The second-order valence-electron chi connectivity index (χ2n) is 5.78. The van der Waals surface area contributed by atoms with Crippen LogP contribution in [0.5, 0.6) is 0 Å². The van der Waals surface area contributed by atoms with Crippen LogP contribution in [0, 0.1) is 6.92 Å². The van der Waals surface area contributed by atoms with E-state index in [9.17, 15) is 4.79 Å². The van der Waals surface area contributed by atoms with Gasteiger partial charge in [-0.05, 0) is 45.3 Å². The molecule has 116 valence electrons. The fraction of sp³-hybridized carbons (Fsp3) is 0.412. The number of nitrogens with zero attached hydrogens (tertiary/aromatic N) is 2. The molecule has 5 heteroatoms. The van der Waals surface area contributed by atoms with E-state index in [1.807, 2.05) is 12.1 Å². The molecular weight excluding hydrogens is 296 g/mol. The molecule has 1 aliphatic heterocycles. The van der Waals surface area contributed by atoms with Gasteiger partial charge < -0.3 is 5.11 Å². The van der Waals surface area contributed by atoms with Crippen LogP contribution in [0.3, 0.4) is 0 Å². The molecule has 1 saturated heterocycles. The van der Waals surface area contributed by atoms with Crippen LogP contribution in [-0.2, 0) is 0 Å². The van der Waals surface area contributed by atoms with E-state index < -0.39 is 5.97 Å². The molecule has 0 aliphatic carbocycles. The standard InChI is InChI=1S/C17H20N2O2S/c1-11-15(17(20)21)22-16(18-11)14-7-5-13(6-8-14)12(2)19-9-3-4-10-19/h5-8,12H,3-4,9-10H2,1-2H3,(H,20,21)/t12-/m0/s1. The lowest BCUT2D eigenvalue weighted by Crippen LogP contribution is -2.23. The van der Waals surface area contributed by atoms with E-state index in [-0.39, 0.29) is 0 Å².